The second kappa shape index (κ2) is 9.89. The number of nitrogens with zero attached hydrogens (tertiary/aromatic N) is 2. The number of aromatic amines is 1. The van der Waals surface area contributed by atoms with Crippen molar-refractivity contribution in [2.24, 2.45) is 0 Å². The summed E-state index contributed by atoms with van der Waals surface area (Å²) < 4.78 is 46.7. The Morgan fingerprint density at radius 2 is 1.86 bits per heavy atom. The van der Waals surface area contributed by atoms with Crippen LogP contribution in [-0.2, 0) is 14.8 Å². The van der Waals surface area contributed by atoms with Crippen LogP contribution in [0.5, 0.6) is 0 Å². The Hall–Kier alpha value is -4.69. The number of fused-ring (bicyclic) bond motifs is 1. The van der Waals surface area contributed by atoms with E-state index in [9.17, 15) is 28.0 Å². The molecule has 3 N–H and O–H groups in total. The molecule has 36 heavy (non-hydrogen) atoms. The first-order chi connectivity index (χ1) is 17.2. The van der Waals surface area contributed by atoms with Gasteiger partial charge in [0.15, 0.2) is 17.7 Å². The smallest absolute Gasteiger partial charge is 0.338 e. The van der Waals surface area contributed by atoms with Gasteiger partial charge in [0.2, 0.25) is 0 Å². The van der Waals surface area contributed by atoms with E-state index in [4.69, 9.17) is 4.74 Å². The van der Waals surface area contributed by atoms with Crippen molar-refractivity contribution >= 4 is 38.3 Å². The predicted octanol–water partition coefficient (Wildman–Crippen LogP) is 4.54. The second-order valence-corrected chi connectivity index (χ2v) is 9.32. The first kappa shape index (κ1) is 24.4. The largest absolute Gasteiger partial charge is 0.507 e. The van der Waals surface area contributed by atoms with Crippen LogP contribution in [0.3, 0.4) is 0 Å². The van der Waals surface area contributed by atoms with Crippen LogP contribution < -0.4 is 4.72 Å². The van der Waals surface area contributed by atoms with E-state index in [-0.39, 0.29) is 27.5 Å². The van der Waals surface area contributed by atoms with Crippen molar-refractivity contribution in [2.75, 3.05) is 4.72 Å². The Morgan fingerprint density at radius 3 is 2.58 bits per heavy atom. The zero-order chi connectivity index (χ0) is 25.9. The van der Waals surface area contributed by atoms with Crippen LogP contribution in [0.15, 0.2) is 83.5 Å². The number of allylic oxidation sites excluding steroid dienone is 1. The van der Waals surface area contributed by atoms with Gasteiger partial charge in [-0.3, -0.25) is 4.72 Å². The fraction of sp³-hybridized carbons (Fsp3) is 0.0800. The number of halogens is 1. The lowest BCUT2D eigenvalue weighted by Crippen LogP contribution is -2.19. The minimum atomic E-state index is -4.21. The second-order valence-electron chi connectivity index (χ2n) is 7.64. The number of aromatic nitrogens is 2. The fourth-order valence-corrected chi connectivity index (χ4v) is 4.44. The molecule has 182 valence electrons. The van der Waals surface area contributed by atoms with E-state index in [1.807, 2.05) is 6.07 Å². The first-order valence-electron chi connectivity index (χ1n) is 10.6. The molecule has 0 fully saturated rings. The monoisotopic (exact) mass is 506 g/mol. The summed E-state index contributed by atoms with van der Waals surface area (Å²) in [6.45, 7) is 1.35. The quantitative estimate of drug-likeness (QED) is 0.189. The highest BCUT2D eigenvalue weighted by atomic mass is 32.2. The number of hydrogen-bond acceptors (Lipinski definition) is 7. The van der Waals surface area contributed by atoms with Crippen molar-refractivity contribution in [3.63, 3.8) is 0 Å². The van der Waals surface area contributed by atoms with Crippen LogP contribution in [0.1, 0.15) is 23.1 Å². The normalized spacial score (nSPS) is 12.9. The number of carbonyl (C=O) groups excluding carboxylic acids is 1. The summed E-state index contributed by atoms with van der Waals surface area (Å²) in [5, 5.41) is 20.2. The first-order valence-corrected chi connectivity index (χ1v) is 12.0. The topological polar surface area (TPSA) is 145 Å². The highest BCUT2D eigenvalue weighted by Crippen LogP contribution is 2.23. The molecule has 1 heterocycles. The molecule has 0 bridgehead atoms. The number of benzene rings is 3. The molecule has 0 saturated carbocycles. The lowest BCUT2D eigenvalue weighted by atomic mass is 10.1. The van der Waals surface area contributed by atoms with Crippen LogP contribution in [0, 0.1) is 17.1 Å². The number of H-pyrrole nitrogens is 1. The van der Waals surface area contributed by atoms with Crippen molar-refractivity contribution < 1.29 is 27.4 Å². The van der Waals surface area contributed by atoms with E-state index in [0.29, 0.717) is 11.0 Å². The number of hydrogen-bond donors (Lipinski definition) is 3. The number of rotatable bonds is 7. The number of carbonyl (C=O) groups is 1. The number of aliphatic hydroxyl groups excluding tert-OH is 1. The number of aliphatic hydroxyl groups is 1. The number of nitriles is 1. The van der Waals surface area contributed by atoms with Crippen LogP contribution in [0.25, 0.3) is 16.6 Å². The maximum Gasteiger partial charge on any atom is 0.338 e. The molecular weight excluding hydrogens is 487 g/mol. The number of esters is 1. The lowest BCUT2D eigenvalue weighted by Gasteiger charge is -2.14. The Morgan fingerprint density at radius 1 is 1.14 bits per heavy atom. The van der Waals surface area contributed by atoms with Crippen LogP contribution in [-0.4, -0.2) is 35.6 Å². The lowest BCUT2D eigenvalue weighted by molar-refractivity contribution is 0.0334. The van der Waals surface area contributed by atoms with E-state index >= 15 is 0 Å². The molecule has 1 atom stereocenters. The molecule has 1 aromatic heterocycles. The molecule has 0 aliphatic rings. The fourth-order valence-electron chi connectivity index (χ4n) is 3.33. The van der Waals surface area contributed by atoms with Gasteiger partial charge in [-0.15, -0.1) is 0 Å². The number of ether oxygens (including phenoxy) is 1. The Balaban J connectivity index is 1.55. The molecule has 0 aliphatic heterocycles. The summed E-state index contributed by atoms with van der Waals surface area (Å²) in [6, 6.07) is 19.1. The van der Waals surface area contributed by atoms with Crippen LogP contribution in [0.2, 0.25) is 0 Å². The zero-order valence-corrected chi connectivity index (χ0v) is 19.6. The van der Waals surface area contributed by atoms with Crippen LogP contribution in [0.4, 0.5) is 10.1 Å². The third-order valence-corrected chi connectivity index (χ3v) is 6.52. The molecule has 0 spiro atoms. The van der Waals surface area contributed by atoms with Gasteiger partial charge in [-0.1, -0.05) is 30.3 Å². The Bertz CT molecular complexity index is 1610. The summed E-state index contributed by atoms with van der Waals surface area (Å²) in [5.74, 6) is -2.13. The van der Waals surface area contributed by atoms with Gasteiger partial charge in [-0.2, -0.15) is 5.26 Å². The average Bonchev–Trinajstić information content (AvgIpc) is 3.29. The van der Waals surface area contributed by atoms with Gasteiger partial charge in [0.25, 0.3) is 10.0 Å². The molecule has 9 nitrogen and oxygen atoms in total. The Kier molecular flexibility index (Phi) is 6.71. The van der Waals surface area contributed by atoms with E-state index in [0.717, 1.165) is 12.1 Å². The number of para-hydroxylation sites is 3. The molecule has 0 saturated heterocycles. The minimum Gasteiger partial charge on any atom is -0.507 e. The summed E-state index contributed by atoms with van der Waals surface area (Å²) in [7, 11) is -4.21. The Labute approximate surface area is 205 Å². The highest BCUT2D eigenvalue weighted by Gasteiger charge is 2.23. The molecule has 4 aromatic rings. The van der Waals surface area contributed by atoms with E-state index in [2.05, 4.69) is 14.7 Å². The molecule has 3 aromatic carbocycles. The number of anilines is 1. The molecule has 0 radical (unpaired) electrons. The highest BCUT2D eigenvalue weighted by molar-refractivity contribution is 7.92. The van der Waals surface area contributed by atoms with Crippen LogP contribution >= 0.6 is 0 Å². The number of imidazole rings is 1. The summed E-state index contributed by atoms with van der Waals surface area (Å²) >= 11 is 0. The van der Waals surface area contributed by atoms with E-state index in [1.54, 1.807) is 24.3 Å². The summed E-state index contributed by atoms with van der Waals surface area (Å²) in [4.78, 5) is 19.6. The number of sulfonamides is 1. The van der Waals surface area contributed by atoms with Gasteiger partial charge < -0.3 is 14.8 Å². The van der Waals surface area contributed by atoms with Crippen molar-refractivity contribution in [2.45, 2.75) is 17.9 Å². The van der Waals surface area contributed by atoms with Crippen molar-refractivity contribution in [1.82, 2.24) is 9.97 Å². The third-order valence-electron chi connectivity index (χ3n) is 5.16. The molecule has 0 amide bonds. The summed E-state index contributed by atoms with van der Waals surface area (Å²) in [5.41, 5.74) is 0.647. The van der Waals surface area contributed by atoms with Gasteiger partial charge in [0.1, 0.15) is 17.5 Å². The van der Waals surface area contributed by atoms with Crippen molar-refractivity contribution in [3.05, 3.63) is 95.8 Å². The maximum absolute atomic E-state index is 13.9. The van der Waals surface area contributed by atoms with E-state index < -0.39 is 33.7 Å². The van der Waals surface area contributed by atoms with Gasteiger partial charge in [-0.25, -0.2) is 22.6 Å². The maximum atomic E-state index is 13.9. The van der Waals surface area contributed by atoms with Gasteiger partial charge >= 0.3 is 5.97 Å². The van der Waals surface area contributed by atoms with Crippen molar-refractivity contribution in [3.8, 4) is 6.07 Å². The molecule has 11 heteroatoms. The SMILES string of the molecule is CC(OC(=O)c1cccc(S(=O)(=O)Nc2ccccc2F)c1)/C(O)=C(\C#N)c1nc2ccccc2[nH]1. The van der Waals surface area contributed by atoms with Crippen molar-refractivity contribution in [1.29, 1.82) is 5.26 Å². The number of nitrogens with one attached hydrogen (secondary N) is 2. The van der Waals surface area contributed by atoms with E-state index in [1.165, 1.54) is 43.3 Å². The minimum absolute atomic E-state index is 0.103. The zero-order valence-electron chi connectivity index (χ0n) is 18.8. The molecule has 0 aliphatic carbocycles. The van der Waals surface area contributed by atoms with Gasteiger partial charge in [0.05, 0.1) is 27.2 Å². The standard InChI is InChI=1S/C25H19FN4O5S/c1-15(23(31)18(14-27)24-28-21-11-4-5-12-22(21)29-24)35-25(32)16-7-6-8-17(13-16)36(33,34)30-20-10-3-2-9-19(20)26/h2-13,15,30-31H,1H3,(H,28,29)/b23-18-. The third kappa shape index (κ3) is 5.03. The van der Waals surface area contributed by atoms with Gasteiger partial charge in [0, 0.05) is 0 Å². The van der Waals surface area contributed by atoms with Gasteiger partial charge in [-0.05, 0) is 49.4 Å². The molecule has 1 unspecified atom stereocenters. The molecular formula is C25H19FN4O5S. The molecule has 4 rings (SSSR count). The average molecular weight is 507 g/mol. The summed E-state index contributed by atoms with van der Waals surface area (Å²) in [6.07, 6.45) is -1.25. The predicted molar refractivity (Wildman–Crippen MR) is 130 cm³/mol.